The van der Waals surface area contributed by atoms with Gasteiger partial charge in [0.1, 0.15) is 0 Å². The Balaban J connectivity index is 1.76. The number of rotatable bonds is 10. The molecule has 6 heteroatoms. The van der Waals surface area contributed by atoms with Crippen LogP contribution in [0.25, 0.3) is 0 Å². The van der Waals surface area contributed by atoms with Gasteiger partial charge in [0.05, 0.1) is 19.5 Å². The number of nitrogens with zero attached hydrogens (tertiary/aromatic N) is 3. The fourth-order valence-electron chi connectivity index (χ4n) is 3.52. The van der Waals surface area contributed by atoms with Crippen molar-refractivity contribution in [3.8, 4) is 0 Å². The molecule has 0 aliphatic carbocycles. The lowest BCUT2D eigenvalue weighted by molar-refractivity contribution is -0.141. The van der Waals surface area contributed by atoms with E-state index in [-0.39, 0.29) is 24.3 Å². The highest BCUT2D eigenvalue weighted by Crippen LogP contribution is 2.14. The third kappa shape index (κ3) is 6.82. The van der Waals surface area contributed by atoms with E-state index in [9.17, 15) is 9.59 Å². The summed E-state index contributed by atoms with van der Waals surface area (Å²) < 4.78 is 2.03. The molecule has 0 N–H and O–H groups in total. The van der Waals surface area contributed by atoms with Crippen LogP contribution in [0, 0.1) is 5.92 Å². The van der Waals surface area contributed by atoms with Gasteiger partial charge in [0.15, 0.2) is 0 Å². The van der Waals surface area contributed by atoms with Gasteiger partial charge in [-0.15, -0.1) is 11.3 Å². The molecule has 31 heavy (non-hydrogen) atoms. The molecular weight excluding hydrogens is 406 g/mol. The lowest BCUT2D eigenvalue weighted by Crippen LogP contribution is -2.44. The molecule has 5 nitrogen and oxygen atoms in total. The quantitative estimate of drug-likeness (QED) is 0.474. The Kier molecular flexibility index (Phi) is 8.06. The molecule has 0 unspecified atom stereocenters. The second-order valence-electron chi connectivity index (χ2n) is 8.27. The van der Waals surface area contributed by atoms with Gasteiger partial charge in [-0.3, -0.25) is 9.59 Å². The smallest absolute Gasteiger partial charge is 0.242 e. The molecule has 0 fully saturated rings. The summed E-state index contributed by atoms with van der Waals surface area (Å²) >= 11 is 1.57. The maximum Gasteiger partial charge on any atom is 0.242 e. The van der Waals surface area contributed by atoms with Crippen molar-refractivity contribution in [2.75, 3.05) is 13.1 Å². The van der Waals surface area contributed by atoms with Crippen LogP contribution in [0.3, 0.4) is 0 Å². The second kappa shape index (κ2) is 11.0. The van der Waals surface area contributed by atoms with Crippen molar-refractivity contribution in [2.24, 2.45) is 13.0 Å². The first-order chi connectivity index (χ1) is 14.9. The van der Waals surface area contributed by atoms with Gasteiger partial charge in [-0.05, 0) is 35.1 Å². The van der Waals surface area contributed by atoms with E-state index in [1.165, 1.54) is 0 Å². The summed E-state index contributed by atoms with van der Waals surface area (Å²) in [6, 6.07) is 17.9. The molecule has 0 aliphatic rings. The fourth-order valence-corrected chi connectivity index (χ4v) is 4.22. The van der Waals surface area contributed by atoms with Crippen molar-refractivity contribution in [1.29, 1.82) is 0 Å². The van der Waals surface area contributed by atoms with Crippen molar-refractivity contribution in [2.45, 2.75) is 33.4 Å². The topological polar surface area (TPSA) is 45.6 Å². The summed E-state index contributed by atoms with van der Waals surface area (Å²) in [6.07, 6.45) is 2.32. The number of carbonyl (C=O) groups excluding carboxylic acids is 2. The second-order valence-corrected chi connectivity index (χ2v) is 9.30. The van der Waals surface area contributed by atoms with Crippen molar-refractivity contribution >= 4 is 23.2 Å². The van der Waals surface area contributed by atoms with Crippen LogP contribution in [0.15, 0.2) is 66.2 Å². The minimum atomic E-state index is -0.0368. The zero-order valence-corrected chi connectivity index (χ0v) is 19.3. The number of carbonyl (C=O) groups is 2. The molecule has 0 bridgehead atoms. The summed E-state index contributed by atoms with van der Waals surface area (Å²) in [5.74, 6) is 0.254. The number of hydrogen-bond donors (Lipinski definition) is 0. The van der Waals surface area contributed by atoms with Crippen molar-refractivity contribution in [1.82, 2.24) is 14.4 Å². The van der Waals surface area contributed by atoms with Crippen molar-refractivity contribution < 1.29 is 9.59 Å². The van der Waals surface area contributed by atoms with Gasteiger partial charge < -0.3 is 14.4 Å². The number of aryl methyl sites for hydroxylation is 1. The molecule has 0 saturated carbocycles. The third-order valence-corrected chi connectivity index (χ3v) is 6.02. The third-order valence-electron chi connectivity index (χ3n) is 5.14. The zero-order valence-electron chi connectivity index (χ0n) is 18.5. The van der Waals surface area contributed by atoms with E-state index in [4.69, 9.17) is 0 Å². The van der Waals surface area contributed by atoms with E-state index in [1.807, 2.05) is 82.7 Å². The first kappa shape index (κ1) is 22.8. The van der Waals surface area contributed by atoms with Gasteiger partial charge in [-0.2, -0.15) is 0 Å². The van der Waals surface area contributed by atoms with Gasteiger partial charge >= 0.3 is 0 Å². The van der Waals surface area contributed by atoms with Crippen LogP contribution in [0.4, 0.5) is 0 Å². The first-order valence-electron chi connectivity index (χ1n) is 10.6. The minimum absolute atomic E-state index is 0.00280. The number of aromatic nitrogens is 1. The Morgan fingerprint density at radius 2 is 1.71 bits per heavy atom. The summed E-state index contributed by atoms with van der Waals surface area (Å²) in [5, 5.41) is 1.97. The highest BCUT2D eigenvalue weighted by atomic mass is 32.1. The Morgan fingerprint density at radius 1 is 0.935 bits per heavy atom. The van der Waals surface area contributed by atoms with Crippen LogP contribution >= 0.6 is 11.3 Å². The van der Waals surface area contributed by atoms with Crippen LogP contribution in [-0.2, 0) is 36.1 Å². The molecule has 2 amide bonds. The number of thiophene rings is 1. The molecule has 0 spiro atoms. The van der Waals surface area contributed by atoms with Crippen molar-refractivity contribution in [3.63, 3.8) is 0 Å². The minimum Gasteiger partial charge on any atom is -0.353 e. The number of benzene rings is 1. The van der Waals surface area contributed by atoms with Crippen LogP contribution in [-0.4, -0.2) is 39.3 Å². The van der Waals surface area contributed by atoms with Gasteiger partial charge in [0.2, 0.25) is 11.8 Å². The summed E-state index contributed by atoms with van der Waals surface area (Å²) in [6.45, 7) is 5.83. The Bertz CT molecular complexity index is 964. The molecule has 0 aliphatic heterocycles. The Morgan fingerprint density at radius 3 is 2.32 bits per heavy atom. The SMILES string of the molecule is CC(C)CN(CC(=O)N(Cc1ccccc1)Cc1cccn1C)C(=O)Cc1cccs1. The maximum absolute atomic E-state index is 13.4. The van der Waals surface area contributed by atoms with Crippen LogP contribution in [0.2, 0.25) is 0 Å². The van der Waals surface area contributed by atoms with Crippen LogP contribution in [0.5, 0.6) is 0 Å². The highest BCUT2D eigenvalue weighted by Gasteiger charge is 2.23. The molecule has 2 aromatic heterocycles. The number of hydrogen-bond acceptors (Lipinski definition) is 3. The molecule has 0 saturated heterocycles. The van der Waals surface area contributed by atoms with Crippen molar-refractivity contribution in [3.05, 3.63) is 82.3 Å². The average molecular weight is 438 g/mol. The molecule has 3 aromatic rings. The zero-order chi connectivity index (χ0) is 22.2. The Hall–Kier alpha value is -2.86. The van der Waals surface area contributed by atoms with E-state index in [1.54, 1.807) is 16.2 Å². The monoisotopic (exact) mass is 437 g/mol. The predicted octanol–water partition coefficient (Wildman–Crippen LogP) is 4.34. The molecule has 164 valence electrons. The lowest BCUT2D eigenvalue weighted by Gasteiger charge is -2.29. The van der Waals surface area contributed by atoms with E-state index >= 15 is 0 Å². The number of amides is 2. The van der Waals surface area contributed by atoms with Crippen LogP contribution in [0.1, 0.15) is 30.0 Å². The van der Waals surface area contributed by atoms with E-state index < -0.39 is 0 Å². The lowest BCUT2D eigenvalue weighted by atomic mass is 10.1. The molecule has 3 rings (SSSR count). The fraction of sp³-hybridized carbons (Fsp3) is 0.360. The van der Waals surface area contributed by atoms with Gasteiger partial charge in [-0.25, -0.2) is 0 Å². The van der Waals surface area contributed by atoms with Gasteiger partial charge in [0.25, 0.3) is 0 Å². The van der Waals surface area contributed by atoms with E-state index in [2.05, 4.69) is 13.8 Å². The molecule has 2 heterocycles. The summed E-state index contributed by atoms with van der Waals surface area (Å²) in [5.41, 5.74) is 2.13. The van der Waals surface area contributed by atoms with Gasteiger partial charge in [-0.1, -0.05) is 50.2 Å². The summed E-state index contributed by atoms with van der Waals surface area (Å²) in [7, 11) is 1.98. The average Bonchev–Trinajstić information content (AvgIpc) is 3.39. The van der Waals surface area contributed by atoms with Gasteiger partial charge in [0, 0.05) is 36.9 Å². The van der Waals surface area contributed by atoms with E-state index in [0.29, 0.717) is 26.1 Å². The van der Waals surface area contributed by atoms with E-state index in [0.717, 1.165) is 16.1 Å². The standard InChI is InChI=1S/C25H31N3O2S/c1-20(2)16-27(24(29)15-23-12-8-14-31-23)19-25(30)28(17-21-9-5-4-6-10-21)18-22-11-7-13-26(22)3/h4-14,20H,15-19H2,1-3H3. The largest absolute Gasteiger partial charge is 0.353 e. The molecule has 0 radical (unpaired) electrons. The molecule has 1 aromatic carbocycles. The van der Waals surface area contributed by atoms with Crippen LogP contribution < -0.4 is 0 Å². The molecule has 0 atom stereocenters. The normalized spacial score (nSPS) is 11.0. The molecular formula is C25H31N3O2S. The highest BCUT2D eigenvalue weighted by molar-refractivity contribution is 7.10. The summed E-state index contributed by atoms with van der Waals surface area (Å²) in [4.78, 5) is 31.0. The Labute approximate surface area is 188 Å². The predicted molar refractivity (Wildman–Crippen MR) is 126 cm³/mol. The maximum atomic E-state index is 13.4. The first-order valence-corrected chi connectivity index (χ1v) is 11.5.